The summed E-state index contributed by atoms with van der Waals surface area (Å²) in [6.45, 7) is 9.76. The Balaban J connectivity index is 1.99. The van der Waals surface area contributed by atoms with Crippen molar-refractivity contribution in [2.45, 2.75) is 59.0 Å². The fraction of sp³-hybridized carbons (Fsp3) is 0.579. The molecule has 0 aliphatic heterocycles. The van der Waals surface area contributed by atoms with Gasteiger partial charge in [-0.25, -0.2) is 4.99 Å². The molecule has 0 bridgehead atoms. The maximum absolute atomic E-state index is 12.1. The minimum absolute atomic E-state index is 0.0421. The number of carbonyl (C=O) groups is 1. The fourth-order valence-electron chi connectivity index (χ4n) is 2.49. The number of nitrogens with one attached hydrogen (secondary N) is 3. The van der Waals surface area contributed by atoms with Crippen LogP contribution >= 0.6 is 0 Å². The van der Waals surface area contributed by atoms with E-state index in [2.05, 4.69) is 48.6 Å². The quantitative estimate of drug-likeness (QED) is 0.573. The largest absolute Gasteiger partial charge is 0.357 e. The number of anilines is 1. The van der Waals surface area contributed by atoms with Crippen LogP contribution in [-0.4, -0.2) is 24.0 Å². The number of aliphatic imine (C=N–C) groups is 1. The molecular formula is C19H30N4O. The maximum atomic E-state index is 12.1. The molecule has 1 fully saturated rings. The number of guanidine groups is 1. The predicted octanol–water partition coefficient (Wildman–Crippen LogP) is 3.28. The van der Waals surface area contributed by atoms with Gasteiger partial charge >= 0.3 is 0 Å². The highest BCUT2D eigenvalue weighted by molar-refractivity contribution is 5.93. The maximum Gasteiger partial charge on any atom is 0.227 e. The van der Waals surface area contributed by atoms with E-state index in [4.69, 9.17) is 0 Å². The number of benzene rings is 1. The van der Waals surface area contributed by atoms with Crippen LogP contribution in [0.2, 0.25) is 0 Å². The molecule has 132 valence electrons. The molecule has 0 atom stereocenters. The topological polar surface area (TPSA) is 65.5 Å². The number of hydrogen-bond acceptors (Lipinski definition) is 2. The van der Waals surface area contributed by atoms with Crippen LogP contribution in [0.4, 0.5) is 5.69 Å². The molecule has 24 heavy (non-hydrogen) atoms. The first kappa shape index (κ1) is 18.3. The van der Waals surface area contributed by atoms with Gasteiger partial charge in [0.15, 0.2) is 5.96 Å². The predicted molar refractivity (Wildman–Crippen MR) is 100 cm³/mol. The number of hydrogen-bond donors (Lipinski definition) is 3. The minimum atomic E-state index is -0.0421. The van der Waals surface area contributed by atoms with Crippen molar-refractivity contribution in [3.8, 4) is 0 Å². The Morgan fingerprint density at radius 1 is 1.29 bits per heavy atom. The van der Waals surface area contributed by atoms with Crippen LogP contribution in [0.15, 0.2) is 29.3 Å². The third-order valence-corrected chi connectivity index (χ3v) is 3.93. The SMILES string of the molecule is CCNC(=NCc1cccc(NC(=O)C2CCC2)c1)NC(C)(C)C. The number of carbonyl (C=O) groups excluding carboxylic acids is 1. The van der Waals surface area contributed by atoms with Crippen LogP contribution in [0.5, 0.6) is 0 Å². The molecule has 0 aromatic heterocycles. The summed E-state index contributed by atoms with van der Waals surface area (Å²) < 4.78 is 0. The summed E-state index contributed by atoms with van der Waals surface area (Å²) in [6.07, 6.45) is 3.20. The average Bonchev–Trinajstić information content (AvgIpc) is 2.42. The molecule has 1 amide bonds. The van der Waals surface area contributed by atoms with Gasteiger partial charge in [0.1, 0.15) is 0 Å². The highest BCUT2D eigenvalue weighted by Gasteiger charge is 2.25. The highest BCUT2D eigenvalue weighted by Crippen LogP contribution is 2.27. The van der Waals surface area contributed by atoms with Crippen molar-refractivity contribution in [1.29, 1.82) is 0 Å². The molecule has 0 saturated heterocycles. The molecule has 0 spiro atoms. The van der Waals surface area contributed by atoms with Crippen molar-refractivity contribution in [3.63, 3.8) is 0 Å². The molecule has 1 aromatic rings. The van der Waals surface area contributed by atoms with Gasteiger partial charge < -0.3 is 16.0 Å². The number of amides is 1. The third kappa shape index (κ3) is 5.87. The molecule has 5 heteroatoms. The van der Waals surface area contributed by atoms with Gasteiger partial charge in [-0.1, -0.05) is 18.6 Å². The smallest absolute Gasteiger partial charge is 0.227 e. The summed E-state index contributed by atoms with van der Waals surface area (Å²) in [5.41, 5.74) is 1.89. The van der Waals surface area contributed by atoms with E-state index in [9.17, 15) is 4.79 Å². The molecule has 2 rings (SSSR count). The first-order chi connectivity index (χ1) is 11.4. The van der Waals surface area contributed by atoms with Crippen LogP contribution in [0.3, 0.4) is 0 Å². The van der Waals surface area contributed by atoms with Crippen molar-refractivity contribution in [2.24, 2.45) is 10.9 Å². The standard InChI is InChI=1S/C19H30N4O/c1-5-20-18(23-19(2,3)4)21-13-14-8-6-11-16(12-14)22-17(24)15-9-7-10-15/h6,8,11-12,15H,5,7,9-10,13H2,1-4H3,(H,22,24)(H2,20,21,23). The average molecular weight is 330 g/mol. The van der Waals surface area contributed by atoms with Crippen molar-refractivity contribution in [1.82, 2.24) is 10.6 Å². The summed E-state index contributed by atoms with van der Waals surface area (Å²) in [7, 11) is 0. The van der Waals surface area contributed by atoms with Gasteiger partial charge in [-0.2, -0.15) is 0 Å². The lowest BCUT2D eigenvalue weighted by Gasteiger charge is -2.24. The van der Waals surface area contributed by atoms with Gasteiger partial charge in [0, 0.05) is 23.7 Å². The Kier molecular flexibility index (Phi) is 6.23. The van der Waals surface area contributed by atoms with E-state index < -0.39 is 0 Å². The van der Waals surface area contributed by atoms with E-state index in [-0.39, 0.29) is 17.4 Å². The van der Waals surface area contributed by atoms with Gasteiger partial charge in [0.2, 0.25) is 5.91 Å². The van der Waals surface area contributed by atoms with Crippen LogP contribution in [-0.2, 0) is 11.3 Å². The summed E-state index contributed by atoms with van der Waals surface area (Å²) >= 11 is 0. The Morgan fingerprint density at radius 2 is 2.04 bits per heavy atom. The Morgan fingerprint density at radius 3 is 2.62 bits per heavy atom. The summed E-state index contributed by atoms with van der Waals surface area (Å²) in [5.74, 6) is 1.14. The lowest BCUT2D eigenvalue weighted by Crippen LogP contribution is -2.47. The molecule has 0 radical (unpaired) electrons. The van der Waals surface area contributed by atoms with Gasteiger partial charge in [0.25, 0.3) is 0 Å². The van der Waals surface area contributed by atoms with Crippen molar-refractivity contribution in [2.75, 3.05) is 11.9 Å². The van der Waals surface area contributed by atoms with Crippen molar-refractivity contribution >= 4 is 17.6 Å². The molecule has 1 aliphatic rings. The van der Waals surface area contributed by atoms with Crippen molar-refractivity contribution in [3.05, 3.63) is 29.8 Å². The van der Waals surface area contributed by atoms with Crippen molar-refractivity contribution < 1.29 is 4.79 Å². The Bertz CT molecular complexity index is 585. The second-order valence-corrected chi connectivity index (χ2v) is 7.39. The highest BCUT2D eigenvalue weighted by atomic mass is 16.1. The van der Waals surface area contributed by atoms with Gasteiger partial charge in [-0.05, 0) is 58.2 Å². The van der Waals surface area contributed by atoms with E-state index in [0.29, 0.717) is 6.54 Å². The van der Waals surface area contributed by atoms with E-state index in [1.165, 1.54) is 6.42 Å². The monoisotopic (exact) mass is 330 g/mol. The van der Waals surface area contributed by atoms with Gasteiger partial charge in [-0.15, -0.1) is 0 Å². The first-order valence-electron chi connectivity index (χ1n) is 8.83. The second kappa shape index (κ2) is 8.18. The summed E-state index contributed by atoms with van der Waals surface area (Å²) in [5, 5.41) is 9.65. The van der Waals surface area contributed by atoms with Crippen LogP contribution in [0.1, 0.15) is 52.5 Å². The third-order valence-electron chi connectivity index (χ3n) is 3.93. The molecule has 5 nitrogen and oxygen atoms in total. The lowest BCUT2D eigenvalue weighted by atomic mass is 9.85. The lowest BCUT2D eigenvalue weighted by molar-refractivity contribution is -0.122. The van der Waals surface area contributed by atoms with E-state index in [1.54, 1.807) is 0 Å². The summed E-state index contributed by atoms with van der Waals surface area (Å²) in [4.78, 5) is 16.7. The molecule has 3 N–H and O–H groups in total. The normalized spacial score (nSPS) is 15.6. The van der Waals surface area contributed by atoms with Crippen LogP contribution in [0.25, 0.3) is 0 Å². The molecule has 0 heterocycles. The summed E-state index contributed by atoms with van der Waals surface area (Å²) in [6, 6.07) is 7.93. The van der Waals surface area contributed by atoms with E-state index in [0.717, 1.165) is 36.6 Å². The van der Waals surface area contributed by atoms with Gasteiger partial charge in [-0.3, -0.25) is 4.79 Å². The van der Waals surface area contributed by atoms with E-state index in [1.807, 2.05) is 24.3 Å². The Labute approximate surface area is 145 Å². The molecule has 1 aliphatic carbocycles. The zero-order chi connectivity index (χ0) is 17.6. The van der Waals surface area contributed by atoms with Gasteiger partial charge in [0.05, 0.1) is 6.54 Å². The minimum Gasteiger partial charge on any atom is -0.357 e. The fourth-order valence-corrected chi connectivity index (χ4v) is 2.49. The molecule has 1 aromatic carbocycles. The van der Waals surface area contributed by atoms with Crippen LogP contribution < -0.4 is 16.0 Å². The molecule has 1 saturated carbocycles. The Hall–Kier alpha value is -2.04. The second-order valence-electron chi connectivity index (χ2n) is 7.39. The zero-order valence-electron chi connectivity index (χ0n) is 15.3. The number of rotatable bonds is 5. The molecule has 0 unspecified atom stereocenters. The zero-order valence-corrected chi connectivity index (χ0v) is 15.3. The molecular weight excluding hydrogens is 300 g/mol. The van der Waals surface area contributed by atoms with Crippen LogP contribution in [0, 0.1) is 5.92 Å². The first-order valence-corrected chi connectivity index (χ1v) is 8.83. The number of nitrogens with zero attached hydrogens (tertiary/aromatic N) is 1. The van der Waals surface area contributed by atoms with E-state index >= 15 is 0 Å².